The van der Waals surface area contributed by atoms with E-state index in [1.54, 1.807) is 0 Å². The fourth-order valence-electron chi connectivity index (χ4n) is 3.74. The quantitative estimate of drug-likeness (QED) is 0.765. The maximum Gasteiger partial charge on any atom is 0.310 e. The fraction of sp³-hybridized carbons (Fsp3) is 0.611. The molecule has 2 nitrogen and oxygen atoms in total. The molecule has 0 bridgehead atoms. The van der Waals surface area contributed by atoms with Gasteiger partial charge in [0.05, 0.1) is 6.42 Å². The van der Waals surface area contributed by atoms with Gasteiger partial charge in [0.2, 0.25) is 0 Å². The number of carbonyl (C=O) groups is 1. The average Bonchev–Trinajstić information content (AvgIpc) is 3.01. The molecule has 2 aliphatic rings. The van der Waals surface area contributed by atoms with Gasteiger partial charge in [0.25, 0.3) is 0 Å². The molecule has 114 valence electrons. The number of benzene rings is 1. The van der Waals surface area contributed by atoms with Crippen LogP contribution in [0.4, 0.5) is 0 Å². The van der Waals surface area contributed by atoms with Gasteiger partial charge >= 0.3 is 5.97 Å². The summed E-state index contributed by atoms with van der Waals surface area (Å²) in [5, 5.41) is 0.989. The third kappa shape index (κ3) is 2.83. The van der Waals surface area contributed by atoms with Gasteiger partial charge in [-0.05, 0) is 87.1 Å². The number of fused-ring (bicyclic) bond motifs is 2. The molecule has 0 heterocycles. The minimum Gasteiger partial charge on any atom is -0.460 e. The summed E-state index contributed by atoms with van der Waals surface area (Å²) in [6, 6.07) is 0. The van der Waals surface area contributed by atoms with Crippen LogP contribution in [0.15, 0.2) is 0 Å². The van der Waals surface area contributed by atoms with Gasteiger partial charge in [0.1, 0.15) is 5.60 Å². The predicted octanol–water partition coefficient (Wildman–Crippen LogP) is 4.20. The van der Waals surface area contributed by atoms with Crippen molar-refractivity contribution in [1.82, 2.24) is 0 Å². The topological polar surface area (TPSA) is 26.3 Å². The average molecular weight is 307 g/mol. The second kappa shape index (κ2) is 5.31. The van der Waals surface area contributed by atoms with E-state index in [-0.39, 0.29) is 5.97 Å². The number of esters is 1. The summed E-state index contributed by atoms with van der Waals surface area (Å²) in [6.07, 6.45) is 6.93. The molecule has 0 unspecified atom stereocenters. The van der Waals surface area contributed by atoms with Crippen LogP contribution in [0.25, 0.3) is 0 Å². The summed E-state index contributed by atoms with van der Waals surface area (Å²) in [5.41, 5.74) is 6.09. The van der Waals surface area contributed by atoms with Crippen LogP contribution in [0.1, 0.15) is 61.4 Å². The first kappa shape index (κ1) is 14.9. The van der Waals surface area contributed by atoms with Gasteiger partial charge < -0.3 is 4.74 Å². The number of rotatable bonds is 2. The van der Waals surface area contributed by atoms with E-state index in [0.29, 0.717) is 6.42 Å². The van der Waals surface area contributed by atoms with Crippen molar-refractivity contribution >= 4 is 17.6 Å². The highest BCUT2D eigenvalue weighted by atomic mass is 35.5. The molecule has 1 aromatic rings. The number of hydrogen-bond acceptors (Lipinski definition) is 2. The largest absolute Gasteiger partial charge is 0.460 e. The standard InChI is InChI=1S/C18H23ClO2/c1-18(2,3)21-16(20)10-15-11-6-4-8-13(11)17(19)14-9-5-7-12(14)15/h4-10H2,1-3H3. The Hall–Kier alpha value is -1.02. The number of hydrogen-bond donors (Lipinski definition) is 0. The van der Waals surface area contributed by atoms with Crippen LogP contribution in [0.5, 0.6) is 0 Å². The van der Waals surface area contributed by atoms with Gasteiger partial charge in [-0.2, -0.15) is 0 Å². The van der Waals surface area contributed by atoms with Crippen molar-refractivity contribution in [2.24, 2.45) is 0 Å². The maximum absolute atomic E-state index is 12.3. The van der Waals surface area contributed by atoms with Crippen LogP contribution in [0.2, 0.25) is 5.02 Å². The van der Waals surface area contributed by atoms with E-state index < -0.39 is 5.60 Å². The van der Waals surface area contributed by atoms with Crippen LogP contribution >= 0.6 is 11.6 Å². The van der Waals surface area contributed by atoms with E-state index in [1.807, 2.05) is 20.8 Å². The lowest BCUT2D eigenvalue weighted by atomic mass is 9.92. The van der Waals surface area contributed by atoms with Crippen molar-refractivity contribution in [2.45, 2.75) is 71.3 Å². The van der Waals surface area contributed by atoms with Crippen LogP contribution in [-0.2, 0) is 41.6 Å². The molecular formula is C18H23ClO2. The van der Waals surface area contributed by atoms with Crippen molar-refractivity contribution in [3.05, 3.63) is 32.8 Å². The lowest BCUT2D eigenvalue weighted by Crippen LogP contribution is -2.25. The SMILES string of the molecule is CC(C)(C)OC(=O)Cc1c2c(c(Cl)c3c1CCC3)CCC2. The first-order valence-corrected chi connectivity index (χ1v) is 8.30. The lowest BCUT2D eigenvalue weighted by Gasteiger charge is -2.21. The van der Waals surface area contributed by atoms with E-state index in [2.05, 4.69) is 0 Å². The molecule has 0 fully saturated rings. The van der Waals surface area contributed by atoms with Crippen LogP contribution < -0.4 is 0 Å². The van der Waals surface area contributed by atoms with Crippen LogP contribution in [-0.4, -0.2) is 11.6 Å². The molecule has 0 saturated carbocycles. The Bertz CT molecular complexity index is 561. The van der Waals surface area contributed by atoms with Crippen molar-refractivity contribution < 1.29 is 9.53 Å². The van der Waals surface area contributed by atoms with Crippen molar-refractivity contribution in [1.29, 1.82) is 0 Å². The minimum absolute atomic E-state index is 0.118. The fourth-order valence-corrected chi connectivity index (χ4v) is 4.15. The van der Waals surface area contributed by atoms with Gasteiger partial charge in [-0.1, -0.05) is 11.6 Å². The second-order valence-electron chi connectivity index (χ2n) is 7.18. The normalized spacial score (nSPS) is 16.8. The van der Waals surface area contributed by atoms with E-state index in [1.165, 1.54) is 27.8 Å². The van der Waals surface area contributed by atoms with Crippen molar-refractivity contribution in [2.75, 3.05) is 0 Å². The first-order valence-electron chi connectivity index (χ1n) is 7.92. The molecule has 0 N–H and O–H groups in total. The molecule has 0 spiro atoms. The minimum atomic E-state index is -0.421. The Labute approximate surface area is 131 Å². The molecule has 0 radical (unpaired) electrons. The van der Waals surface area contributed by atoms with E-state index in [9.17, 15) is 4.79 Å². The molecule has 0 atom stereocenters. The Kier molecular flexibility index (Phi) is 3.77. The van der Waals surface area contributed by atoms with Crippen molar-refractivity contribution in [3.8, 4) is 0 Å². The lowest BCUT2D eigenvalue weighted by molar-refractivity contribution is -0.153. The molecule has 0 amide bonds. The van der Waals surface area contributed by atoms with Gasteiger partial charge in [0.15, 0.2) is 0 Å². The predicted molar refractivity (Wildman–Crippen MR) is 85.1 cm³/mol. The summed E-state index contributed by atoms with van der Waals surface area (Å²) in [6.45, 7) is 5.75. The zero-order valence-corrected chi connectivity index (χ0v) is 13.9. The molecule has 1 aromatic carbocycles. The van der Waals surface area contributed by atoms with E-state index in [4.69, 9.17) is 16.3 Å². The van der Waals surface area contributed by atoms with Gasteiger partial charge in [0, 0.05) is 5.02 Å². The third-order valence-electron chi connectivity index (χ3n) is 4.44. The van der Waals surface area contributed by atoms with Gasteiger partial charge in [-0.25, -0.2) is 0 Å². The van der Waals surface area contributed by atoms with E-state index >= 15 is 0 Å². The summed E-state index contributed by atoms with van der Waals surface area (Å²) < 4.78 is 5.52. The summed E-state index contributed by atoms with van der Waals surface area (Å²) in [7, 11) is 0. The molecule has 0 aliphatic heterocycles. The Morgan fingerprint density at radius 1 is 1.00 bits per heavy atom. The first-order chi connectivity index (χ1) is 9.87. The van der Waals surface area contributed by atoms with Crippen LogP contribution in [0.3, 0.4) is 0 Å². The highest BCUT2D eigenvalue weighted by Crippen LogP contribution is 2.41. The third-order valence-corrected chi connectivity index (χ3v) is 4.89. The molecule has 21 heavy (non-hydrogen) atoms. The maximum atomic E-state index is 12.3. The molecule has 3 heteroatoms. The zero-order valence-electron chi connectivity index (χ0n) is 13.1. The molecular weight excluding hydrogens is 284 g/mol. The van der Waals surface area contributed by atoms with E-state index in [0.717, 1.165) is 43.5 Å². The van der Waals surface area contributed by atoms with Gasteiger partial charge in [-0.15, -0.1) is 0 Å². The summed E-state index contributed by atoms with van der Waals surface area (Å²) >= 11 is 6.60. The number of ether oxygens (including phenoxy) is 1. The Morgan fingerprint density at radius 2 is 1.48 bits per heavy atom. The zero-order chi connectivity index (χ0) is 15.2. The summed E-state index contributed by atoms with van der Waals surface area (Å²) in [5.74, 6) is -0.118. The molecule has 2 aliphatic carbocycles. The number of carbonyl (C=O) groups excluding carboxylic acids is 1. The van der Waals surface area contributed by atoms with Gasteiger partial charge in [-0.3, -0.25) is 4.79 Å². The highest BCUT2D eigenvalue weighted by molar-refractivity contribution is 6.32. The highest BCUT2D eigenvalue weighted by Gasteiger charge is 2.29. The monoisotopic (exact) mass is 306 g/mol. The molecule has 0 saturated heterocycles. The summed E-state index contributed by atoms with van der Waals surface area (Å²) in [4.78, 5) is 12.3. The second-order valence-corrected chi connectivity index (χ2v) is 7.56. The Balaban J connectivity index is 1.97. The number of halogens is 1. The van der Waals surface area contributed by atoms with Crippen LogP contribution in [0, 0.1) is 0 Å². The molecule has 0 aromatic heterocycles. The molecule has 3 rings (SSSR count). The Morgan fingerprint density at radius 3 is 1.95 bits per heavy atom. The smallest absolute Gasteiger partial charge is 0.310 e. The van der Waals surface area contributed by atoms with Crippen molar-refractivity contribution in [3.63, 3.8) is 0 Å².